The van der Waals surface area contributed by atoms with Gasteiger partial charge in [0.2, 0.25) is 11.8 Å². The summed E-state index contributed by atoms with van der Waals surface area (Å²) in [5, 5.41) is 5.58. The molecule has 0 heterocycles. The van der Waals surface area contributed by atoms with Crippen LogP contribution in [0.2, 0.25) is 0 Å². The molecule has 1 rings (SSSR count). The van der Waals surface area contributed by atoms with Crippen LogP contribution in [0.5, 0.6) is 0 Å². The van der Waals surface area contributed by atoms with Crippen LogP contribution in [0.25, 0.3) is 0 Å². The monoisotopic (exact) mass is 276 g/mol. The van der Waals surface area contributed by atoms with E-state index in [1.54, 1.807) is 6.92 Å². The van der Waals surface area contributed by atoms with Gasteiger partial charge in [-0.25, -0.2) is 0 Å². The van der Waals surface area contributed by atoms with Crippen molar-refractivity contribution in [3.63, 3.8) is 0 Å². The number of amides is 2. The largest absolute Gasteiger partial charge is 0.344 e. The highest BCUT2D eigenvalue weighted by molar-refractivity contribution is 5.98. The summed E-state index contributed by atoms with van der Waals surface area (Å²) in [6.45, 7) is 11.1. The highest BCUT2D eigenvalue weighted by atomic mass is 16.2. The molecule has 0 fully saturated rings. The summed E-state index contributed by atoms with van der Waals surface area (Å²) in [5.41, 5.74) is 2.43. The summed E-state index contributed by atoms with van der Waals surface area (Å²) < 4.78 is 0. The van der Waals surface area contributed by atoms with Crippen molar-refractivity contribution >= 4 is 17.5 Å². The number of rotatable bonds is 3. The van der Waals surface area contributed by atoms with Crippen molar-refractivity contribution in [2.75, 3.05) is 5.32 Å². The predicted molar refractivity (Wildman–Crippen MR) is 81.6 cm³/mol. The first kappa shape index (κ1) is 16.2. The van der Waals surface area contributed by atoms with E-state index in [1.165, 1.54) is 0 Å². The van der Waals surface area contributed by atoms with Crippen molar-refractivity contribution in [2.24, 2.45) is 5.41 Å². The molecular formula is C16H24N2O2. The van der Waals surface area contributed by atoms with Gasteiger partial charge in [-0.05, 0) is 38.0 Å². The van der Waals surface area contributed by atoms with Gasteiger partial charge in [0.15, 0.2) is 0 Å². The van der Waals surface area contributed by atoms with E-state index in [-0.39, 0.29) is 11.8 Å². The summed E-state index contributed by atoms with van der Waals surface area (Å²) in [5.74, 6) is -0.350. The van der Waals surface area contributed by atoms with E-state index in [0.29, 0.717) is 0 Å². The van der Waals surface area contributed by atoms with Crippen LogP contribution in [0.3, 0.4) is 0 Å². The molecule has 2 amide bonds. The maximum atomic E-state index is 12.1. The van der Waals surface area contributed by atoms with Crippen molar-refractivity contribution < 1.29 is 9.59 Å². The second kappa shape index (κ2) is 6.07. The summed E-state index contributed by atoms with van der Waals surface area (Å²) in [6.07, 6.45) is 0. The third-order valence-corrected chi connectivity index (χ3v) is 3.28. The molecule has 1 aromatic rings. The van der Waals surface area contributed by atoms with Gasteiger partial charge >= 0.3 is 0 Å². The van der Waals surface area contributed by atoms with Gasteiger partial charge in [0.05, 0.1) is 0 Å². The lowest BCUT2D eigenvalue weighted by Crippen LogP contribution is -2.46. The lowest BCUT2D eigenvalue weighted by atomic mass is 9.95. The molecule has 0 spiro atoms. The van der Waals surface area contributed by atoms with Crippen LogP contribution >= 0.6 is 0 Å². The zero-order valence-electron chi connectivity index (χ0n) is 13.1. The van der Waals surface area contributed by atoms with Crippen LogP contribution in [0.4, 0.5) is 5.69 Å². The molecule has 110 valence electrons. The van der Waals surface area contributed by atoms with E-state index in [9.17, 15) is 9.59 Å². The van der Waals surface area contributed by atoms with Crippen molar-refractivity contribution in [3.05, 3.63) is 29.3 Å². The molecule has 0 unspecified atom stereocenters. The molecule has 0 aliphatic heterocycles. The predicted octanol–water partition coefficient (Wildman–Crippen LogP) is 2.79. The van der Waals surface area contributed by atoms with E-state index in [2.05, 4.69) is 10.6 Å². The Balaban J connectivity index is 2.72. The zero-order chi connectivity index (χ0) is 15.5. The van der Waals surface area contributed by atoms with E-state index >= 15 is 0 Å². The number of benzene rings is 1. The number of carbonyl (C=O) groups excluding carboxylic acids is 2. The molecule has 2 N–H and O–H groups in total. The lowest BCUT2D eigenvalue weighted by molar-refractivity contribution is -0.131. The molecule has 0 aliphatic rings. The fourth-order valence-corrected chi connectivity index (χ4v) is 1.61. The second-order valence-electron chi connectivity index (χ2n) is 6.18. The number of hydrogen-bond donors (Lipinski definition) is 2. The molecule has 4 heteroatoms. The molecule has 0 aromatic heterocycles. The third kappa shape index (κ3) is 4.08. The molecular weight excluding hydrogens is 252 g/mol. The molecule has 0 radical (unpaired) electrons. The van der Waals surface area contributed by atoms with Gasteiger partial charge in [-0.2, -0.15) is 0 Å². The van der Waals surface area contributed by atoms with Crippen LogP contribution in [0, 0.1) is 19.3 Å². The van der Waals surface area contributed by atoms with E-state index in [4.69, 9.17) is 0 Å². The fourth-order valence-electron chi connectivity index (χ4n) is 1.61. The lowest BCUT2D eigenvalue weighted by Gasteiger charge is -2.21. The molecule has 0 saturated heterocycles. The topological polar surface area (TPSA) is 58.2 Å². The van der Waals surface area contributed by atoms with Crippen LogP contribution in [0.1, 0.15) is 38.8 Å². The minimum absolute atomic E-state index is 0.138. The molecule has 0 bridgehead atoms. The summed E-state index contributed by atoms with van der Waals surface area (Å²) in [6, 6.07) is 5.19. The Morgan fingerprint density at radius 3 is 2.30 bits per heavy atom. The maximum Gasteiger partial charge on any atom is 0.246 e. The number of nitrogens with one attached hydrogen (secondary N) is 2. The smallest absolute Gasteiger partial charge is 0.246 e. The first-order valence-corrected chi connectivity index (χ1v) is 6.81. The minimum Gasteiger partial charge on any atom is -0.344 e. The van der Waals surface area contributed by atoms with Gasteiger partial charge in [-0.1, -0.05) is 32.9 Å². The van der Waals surface area contributed by atoms with Crippen LogP contribution < -0.4 is 10.6 Å². The molecule has 4 nitrogen and oxygen atoms in total. The highest BCUT2D eigenvalue weighted by Crippen LogP contribution is 2.18. The Bertz CT molecular complexity index is 516. The highest BCUT2D eigenvalue weighted by Gasteiger charge is 2.25. The van der Waals surface area contributed by atoms with Gasteiger partial charge in [0, 0.05) is 11.1 Å². The number of anilines is 1. The SMILES string of the molecule is Cc1cccc(NC(=O)[C@@H](C)NC(=O)C(C)(C)C)c1C. The van der Waals surface area contributed by atoms with E-state index in [1.807, 2.05) is 52.8 Å². The minimum atomic E-state index is -0.568. The van der Waals surface area contributed by atoms with Crippen molar-refractivity contribution in [3.8, 4) is 0 Å². The first-order chi connectivity index (χ1) is 9.12. The molecule has 20 heavy (non-hydrogen) atoms. The van der Waals surface area contributed by atoms with E-state index in [0.717, 1.165) is 16.8 Å². The summed E-state index contributed by atoms with van der Waals surface area (Å²) in [4.78, 5) is 24.0. The standard InChI is InChI=1S/C16H24N2O2/c1-10-8-7-9-13(11(10)2)18-14(19)12(3)17-15(20)16(4,5)6/h7-9,12H,1-6H3,(H,17,20)(H,18,19)/t12-/m1/s1. The van der Waals surface area contributed by atoms with Gasteiger partial charge in [0.25, 0.3) is 0 Å². The zero-order valence-corrected chi connectivity index (χ0v) is 13.1. The molecule has 0 aliphatic carbocycles. The average Bonchev–Trinajstić information content (AvgIpc) is 2.33. The molecule has 1 atom stereocenters. The van der Waals surface area contributed by atoms with Crippen molar-refractivity contribution in [2.45, 2.75) is 47.6 Å². The van der Waals surface area contributed by atoms with Crippen molar-refractivity contribution in [1.29, 1.82) is 0 Å². The van der Waals surface area contributed by atoms with E-state index < -0.39 is 11.5 Å². The van der Waals surface area contributed by atoms with Gasteiger partial charge in [-0.15, -0.1) is 0 Å². The summed E-state index contributed by atoms with van der Waals surface area (Å²) in [7, 11) is 0. The molecule has 1 aromatic carbocycles. The Hall–Kier alpha value is -1.84. The third-order valence-electron chi connectivity index (χ3n) is 3.28. The Morgan fingerprint density at radius 2 is 1.75 bits per heavy atom. The number of hydrogen-bond acceptors (Lipinski definition) is 2. The van der Waals surface area contributed by atoms with Crippen molar-refractivity contribution in [1.82, 2.24) is 5.32 Å². The summed E-state index contributed by atoms with van der Waals surface area (Å²) >= 11 is 0. The van der Waals surface area contributed by atoms with Crippen LogP contribution in [-0.2, 0) is 9.59 Å². The van der Waals surface area contributed by atoms with Gasteiger partial charge in [0.1, 0.15) is 6.04 Å². The Kier molecular flexibility index (Phi) is 4.93. The second-order valence-corrected chi connectivity index (χ2v) is 6.18. The quantitative estimate of drug-likeness (QED) is 0.892. The normalized spacial score (nSPS) is 12.7. The Labute approximate surface area is 121 Å². The number of carbonyl (C=O) groups is 2. The Morgan fingerprint density at radius 1 is 1.15 bits per heavy atom. The average molecular weight is 276 g/mol. The van der Waals surface area contributed by atoms with Gasteiger partial charge in [-0.3, -0.25) is 9.59 Å². The van der Waals surface area contributed by atoms with Crippen LogP contribution in [0.15, 0.2) is 18.2 Å². The molecule has 0 saturated carbocycles. The number of aryl methyl sites for hydroxylation is 1. The van der Waals surface area contributed by atoms with Gasteiger partial charge < -0.3 is 10.6 Å². The first-order valence-electron chi connectivity index (χ1n) is 6.81. The van der Waals surface area contributed by atoms with Crippen LogP contribution in [-0.4, -0.2) is 17.9 Å². The maximum absolute atomic E-state index is 12.1. The fraction of sp³-hybridized carbons (Fsp3) is 0.500.